The summed E-state index contributed by atoms with van der Waals surface area (Å²) in [4.78, 5) is 10.3. The standard InChI is InChI=1S/C7H5Cl2NO/c8-6-1-4(10)2-7(9)5(6)3-11/h1-3H,10H2. The third-order valence-corrected chi connectivity index (χ3v) is 1.84. The molecule has 0 saturated carbocycles. The molecule has 0 unspecified atom stereocenters. The maximum Gasteiger partial charge on any atom is 0.153 e. The van der Waals surface area contributed by atoms with Gasteiger partial charge in [0.2, 0.25) is 0 Å². The summed E-state index contributed by atoms with van der Waals surface area (Å²) in [5, 5.41) is 0.565. The van der Waals surface area contributed by atoms with Gasteiger partial charge in [0, 0.05) is 5.69 Å². The molecule has 4 heteroatoms. The molecule has 0 radical (unpaired) electrons. The molecular weight excluding hydrogens is 185 g/mol. The number of nitrogen functional groups attached to an aromatic ring is 1. The highest BCUT2D eigenvalue weighted by atomic mass is 35.5. The molecule has 1 rings (SSSR count). The number of carbonyl (C=O) groups excluding carboxylic acids is 1. The molecule has 11 heavy (non-hydrogen) atoms. The first-order chi connectivity index (χ1) is 5.15. The first-order valence-electron chi connectivity index (χ1n) is 2.85. The summed E-state index contributed by atoms with van der Waals surface area (Å²) >= 11 is 11.3. The number of halogens is 2. The number of hydrogen-bond acceptors (Lipinski definition) is 2. The molecule has 0 spiro atoms. The molecule has 0 aromatic heterocycles. The fourth-order valence-electron chi connectivity index (χ4n) is 0.716. The molecule has 58 valence electrons. The highest BCUT2D eigenvalue weighted by Gasteiger charge is 2.04. The summed E-state index contributed by atoms with van der Waals surface area (Å²) in [6.45, 7) is 0. The summed E-state index contributed by atoms with van der Waals surface area (Å²) in [6, 6.07) is 2.97. The van der Waals surface area contributed by atoms with E-state index < -0.39 is 0 Å². The number of rotatable bonds is 1. The minimum Gasteiger partial charge on any atom is -0.399 e. The van der Waals surface area contributed by atoms with E-state index in [1.54, 1.807) is 0 Å². The Labute approximate surface area is 73.9 Å². The second kappa shape index (κ2) is 3.11. The first-order valence-corrected chi connectivity index (χ1v) is 3.60. The van der Waals surface area contributed by atoms with E-state index in [2.05, 4.69) is 0 Å². The Morgan fingerprint density at radius 3 is 2.09 bits per heavy atom. The summed E-state index contributed by atoms with van der Waals surface area (Å²) in [5.74, 6) is 0. The molecule has 0 atom stereocenters. The van der Waals surface area contributed by atoms with E-state index in [1.165, 1.54) is 12.1 Å². The minimum atomic E-state index is 0.280. The second-order valence-electron chi connectivity index (χ2n) is 2.02. The Morgan fingerprint density at radius 2 is 1.73 bits per heavy atom. The monoisotopic (exact) mass is 189 g/mol. The van der Waals surface area contributed by atoms with Crippen LogP contribution in [0.1, 0.15) is 10.4 Å². The third-order valence-electron chi connectivity index (χ3n) is 1.22. The molecule has 1 aromatic carbocycles. The van der Waals surface area contributed by atoms with Gasteiger partial charge in [-0.05, 0) is 12.1 Å². The lowest BCUT2D eigenvalue weighted by Crippen LogP contribution is -1.89. The number of hydrogen-bond donors (Lipinski definition) is 1. The Hall–Kier alpha value is -0.730. The van der Waals surface area contributed by atoms with Crippen LogP contribution in [0.3, 0.4) is 0 Å². The molecule has 0 aliphatic carbocycles. The molecule has 0 aliphatic heterocycles. The minimum absolute atomic E-state index is 0.280. The van der Waals surface area contributed by atoms with Crippen molar-refractivity contribution in [2.75, 3.05) is 5.73 Å². The Balaban J connectivity index is 3.36. The van der Waals surface area contributed by atoms with Gasteiger partial charge in [-0.1, -0.05) is 23.2 Å². The van der Waals surface area contributed by atoms with Crippen LogP contribution in [0.5, 0.6) is 0 Å². The van der Waals surface area contributed by atoms with Crippen LogP contribution in [0.2, 0.25) is 10.0 Å². The average molecular weight is 190 g/mol. The summed E-state index contributed by atoms with van der Waals surface area (Å²) in [5.41, 5.74) is 6.13. The van der Waals surface area contributed by atoms with Gasteiger partial charge in [0.05, 0.1) is 15.6 Å². The fourth-order valence-corrected chi connectivity index (χ4v) is 1.31. The quantitative estimate of drug-likeness (QED) is 0.545. The van der Waals surface area contributed by atoms with E-state index >= 15 is 0 Å². The molecule has 0 bridgehead atoms. The van der Waals surface area contributed by atoms with Crippen LogP contribution in [0.4, 0.5) is 5.69 Å². The van der Waals surface area contributed by atoms with Gasteiger partial charge in [0.1, 0.15) is 0 Å². The molecule has 0 amide bonds. The SMILES string of the molecule is Nc1cc(Cl)c(C=O)c(Cl)c1. The number of aldehydes is 1. The lowest BCUT2D eigenvalue weighted by atomic mass is 10.2. The number of nitrogens with two attached hydrogens (primary N) is 1. The Kier molecular flexibility index (Phi) is 2.37. The summed E-state index contributed by atoms with van der Waals surface area (Å²) in [6.07, 6.45) is 0.601. The van der Waals surface area contributed by atoms with Gasteiger partial charge >= 0.3 is 0 Å². The summed E-state index contributed by atoms with van der Waals surface area (Å²) < 4.78 is 0. The molecule has 2 nitrogen and oxygen atoms in total. The van der Waals surface area contributed by atoms with Crippen LogP contribution in [0.25, 0.3) is 0 Å². The molecule has 1 aromatic rings. The molecule has 0 saturated heterocycles. The van der Waals surface area contributed by atoms with Gasteiger partial charge in [-0.3, -0.25) is 4.79 Å². The second-order valence-corrected chi connectivity index (χ2v) is 2.83. The Bertz CT molecular complexity index is 275. The van der Waals surface area contributed by atoms with Crippen molar-refractivity contribution in [2.45, 2.75) is 0 Å². The van der Waals surface area contributed by atoms with Crippen molar-refractivity contribution >= 4 is 35.2 Å². The fraction of sp³-hybridized carbons (Fsp3) is 0. The van der Waals surface area contributed by atoms with Crippen molar-refractivity contribution in [1.82, 2.24) is 0 Å². The van der Waals surface area contributed by atoms with Gasteiger partial charge in [-0.2, -0.15) is 0 Å². The third kappa shape index (κ3) is 1.64. The van der Waals surface area contributed by atoms with Crippen molar-refractivity contribution in [3.8, 4) is 0 Å². The summed E-state index contributed by atoms with van der Waals surface area (Å²) in [7, 11) is 0. The molecule has 0 aliphatic rings. The van der Waals surface area contributed by atoms with Gasteiger partial charge in [0.25, 0.3) is 0 Å². The van der Waals surface area contributed by atoms with Gasteiger partial charge < -0.3 is 5.73 Å². The normalized spacial score (nSPS) is 9.64. The largest absolute Gasteiger partial charge is 0.399 e. The van der Waals surface area contributed by atoms with E-state index in [0.29, 0.717) is 12.0 Å². The Morgan fingerprint density at radius 1 is 1.27 bits per heavy atom. The van der Waals surface area contributed by atoms with Crippen LogP contribution in [0.15, 0.2) is 12.1 Å². The zero-order valence-electron chi connectivity index (χ0n) is 5.47. The smallest absolute Gasteiger partial charge is 0.153 e. The predicted octanol–water partition coefficient (Wildman–Crippen LogP) is 2.39. The number of carbonyl (C=O) groups is 1. The lowest BCUT2D eigenvalue weighted by molar-refractivity contribution is 0.112. The van der Waals surface area contributed by atoms with Crippen LogP contribution in [-0.2, 0) is 0 Å². The van der Waals surface area contributed by atoms with Crippen LogP contribution in [-0.4, -0.2) is 6.29 Å². The number of anilines is 1. The van der Waals surface area contributed by atoms with Crippen molar-refractivity contribution in [2.24, 2.45) is 0 Å². The zero-order chi connectivity index (χ0) is 8.43. The van der Waals surface area contributed by atoms with Gasteiger partial charge in [-0.25, -0.2) is 0 Å². The highest BCUT2D eigenvalue weighted by Crippen LogP contribution is 2.25. The molecular formula is C7H5Cl2NO. The average Bonchev–Trinajstić information content (AvgIpc) is 1.85. The molecule has 0 heterocycles. The van der Waals surface area contributed by atoms with Crippen molar-refractivity contribution in [3.63, 3.8) is 0 Å². The maximum absolute atomic E-state index is 10.3. The molecule has 2 N–H and O–H groups in total. The van der Waals surface area contributed by atoms with Crippen molar-refractivity contribution in [3.05, 3.63) is 27.7 Å². The molecule has 0 fully saturated rings. The number of benzene rings is 1. The lowest BCUT2D eigenvalue weighted by Gasteiger charge is -2.00. The van der Waals surface area contributed by atoms with Crippen LogP contribution < -0.4 is 5.73 Å². The topological polar surface area (TPSA) is 43.1 Å². The van der Waals surface area contributed by atoms with Crippen molar-refractivity contribution < 1.29 is 4.79 Å². The maximum atomic E-state index is 10.3. The van der Waals surface area contributed by atoms with Crippen LogP contribution in [0, 0.1) is 0 Å². The van der Waals surface area contributed by atoms with Gasteiger partial charge in [0.15, 0.2) is 6.29 Å². The zero-order valence-corrected chi connectivity index (χ0v) is 6.99. The van der Waals surface area contributed by atoms with E-state index in [-0.39, 0.29) is 15.6 Å². The highest BCUT2D eigenvalue weighted by molar-refractivity contribution is 6.38. The van der Waals surface area contributed by atoms with E-state index in [4.69, 9.17) is 28.9 Å². The predicted molar refractivity (Wildman–Crippen MR) is 46.3 cm³/mol. The van der Waals surface area contributed by atoms with E-state index in [1.807, 2.05) is 0 Å². The van der Waals surface area contributed by atoms with Crippen LogP contribution >= 0.6 is 23.2 Å². The van der Waals surface area contributed by atoms with E-state index in [0.717, 1.165) is 0 Å². The van der Waals surface area contributed by atoms with Gasteiger partial charge in [-0.15, -0.1) is 0 Å². The first kappa shape index (κ1) is 8.37. The van der Waals surface area contributed by atoms with E-state index in [9.17, 15) is 4.79 Å². The van der Waals surface area contributed by atoms with Crippen molar-refractivity contribution in [1.29, 1.82) is 0 Å².